The molecule has 0 aromatic heterocycles. The molecular weight excluding hydrogens is 336 g/mol. The quantitative estimate of drug-likeness (QED) is 0.701. The van der Waals surface area contributed by atoms with Gasteiger partial charge in [0.1, 0.15) is 0 Å². The summed E-state index contributed by atoms with van der Waals surface area (Å²) in [5.41, 5.74) is 1.79. The van der Waals surface area contributed by atoms with Crippen LogP contribution in [0.25, 0.3) is 0 Å². The van der Waals surface area contributed by atoms with Gasteiger partial charge in [-0.05, 0) is 46.5 Å². The second kappa shape index (κ2) is 9.02. The molecule has 0 radical (unpaired) electrons. The predicted molar refractivity (Wildman–Crippen MR) is 87.6 cm³/mol. The van der Waals surface area contributed by atoms with Gasteiger partial charge in [0.05, 0.1) is 18.4 Å². The highest BCUT2D eigenvalue weighted by molar-refractivity contribution is 9.10. The lowest BCUT2D eigenvalue weighted by atomic mass is 10.2. The molecule has 0 aliphatic rings. The molecular formula is C15H23BrN2O3. The van der Waals surface area contributed by atoms with E-state index >= 15 is 0 Å². The van der Waals surface area contributed by atoms with E-state index in [2.05, 4.69) is 26.6 Å². The van der Waals surface area contributed by atoms with E-state index in [-0.39, 0.29) is 19.2 Å². The maximum Gasteiger partial charge on any atom is 0.319 e. The second-order valence-corrected chi connectivity index (χ2v) is 6.26. The summed E-state index contributed by atoms with van der Waals surface area (Å²) in [4.78, 5) is 11.7. The van der Waals surface area contributed by atoms with Crippen LogP contribution in [0.1, 0.15) is 19.4 Å². The molecule has 3 N–H and O–H groups in total. The van der Waals surface area contributed by atoms with Crippen LogP contribution >= 0.6 is 15.9 Å². The number of aliphatic hydroxyl groups excluding tert-OH is 1. The van der Waals surface area contributed by atoms with Crippen molar-refractivity contribution in [3.63, 3.8) is 0 Å². The zero-order chi connectivity index (χ0) is 15.8. The molecule has 0 spiro atoms. The first kappa shape index (κ1) is 17.9. The highest BCUT2D eigenvalue weighted by atomic mass is 79.9. The molecule has 0 saturated carbocycles. The van der Waals surface area contributed by atoms with Crippen molar-refractivity contribution < 1.29 is 14.6 Å². The monoisotopic (exact) mass is 358 g/mol. The van der Waals surface area contributed by atoms with Gasteiger partial charge < -0.3 is 20.5 Å². The maximum absolute atomic E-state index is 11.7. The first-order valence-electron chi connectivity index (χ1n) is 6.95. The van der Waals surface area contributed by atoms with Gasteiger partial charge in [-0.25, -0.2) is 4.79 Å². The predicted octanol–water partition coefficient (Wildman–Crippen LogP) is 2.91. The Kier molecular flexibility index (Phi) is 7.71. The molecule has 0 aliphatic carbocycles. The Morgan fingerprint density at radius 3 is 2.71 bits per heavy atom. The molecule has 6 heteroatoms. The number of benzene rings is 1. The van der Waals surface area contributed by atoms with Crippen LogP contribution < -0.4 is 10.6 Å². The molecule has 2 amide bonds. The molecule has 0 aliphatic heterocycles. The number of amides is 2. The Morgan fingerprint density at radius 1 is 1.38 bits per heavy atom. The summed E-state index contributed by atoms with van der Waals surface area (Å²) in [6.45, 7) is 7.01. The lowest BCUT2D eigenvalue weighted by molar-refractivity contribution is 0.0274. The van der Waals surface area contributed by atoms with Crippen molar-refractivity contribution in [3.8, 4) is 0 Å². The van der Waals surface area contributed by atoms with E-state index in [0.29, 0.717) is 18.2 Å². The number of aliphatic hydroxyl groups is 1. The largest absolute Gasteiger partial charge is 0.389 e. The molecule has 0 saturated heterocycles. The highest BCUT2D eigenvalue weighted by Gasteiger charge is 2.09. The van der Waals surface area contributed by atoms with Gasteiger partial charge in [0, 0.05) is 17.6 Å². The molecule has 21 heavy (non-hydrogen) atoms. The average molecular weight is 359 g/mol. The van der Waals surface area contributed by atoms with Gasteiger partial charge in [-0.3, -0.25) is 0 Å². The third-order valence-electron chi connectivity index (χ3n) is 2.63. The Balaban J connectivity index is 2.30. The van der Waals surface area contributed by atoms with Crippen molar-refractivity contribution in [1.82, 2.24) is 5.32 Å². The smallest absolute Gasteiger partial charge is 0.319 e. The van der Waals surface area contributed by atoms with E-state index in [1.165, 1.54) is 0 Å². The van der Waals surface area contributed by atoms with Crippen molar-refractivity contribution >= 4 is 27.6 Å². The fourth-order valence-corrected chi connectivity index (χ4v) is 2.19. The van der Waals surface area contributed by atoms with E-state index in [4.69, 9.17) is 4.74 Å². The SMILES string of the molecule is Cc1ccc(NC(=O)NCC(O)COCC(C)C)c(Br)c1. The Bertz CT molecular complexity index is 466. The van der Waals surface area contributed by atoms with E-state index < -0.39 is 6.10 Å². The number of ether oxygens (including phenoxy) is 1. The molecule has 1 aromatic carbocycles. The van der Waals surface area contributed by atoms with Crippen molar-refractivity contribution in [1.29, 1.82) is 0 Å². The van der Waals surface area contributed by atoms with Crippen LogP contribution in [0.3, 0.4) is 0 Å². The minimum Gasteiger partial charge on any atom is -0.389 e. The van der Waals surface area contributed by atoms with E-state index in [0.717, 1.165) is 10.0 Å². The Labute approximate surface area is 134 Å². The molecule has 118 valence electrons. The van der Waals surface area contributed by atoms with Gasteiger partial charge in [-0.2, -0.15) is 0 Å². The van der Waals surface area contributed by atoms with Crippen molar-refractivity contribution in [2.24, 2.45) is 5.92 Å². The van der Waals surface area contributed by atoms with Crippen LogP contribution in [-0.2, 0) is 4.74 Å². The third kappa shape index (κ3) is 7.45. The summed E-state index contributed by atoms with van der Waals surface area (Å²) < 4.78 is 6.13. The van der Waals surface area contributed by atoms with Crippen LogP contribution in [0.2, 0.25) is 0 Å². The standard InChI is InChI=1S/C15H23BrN2O3/c1-10(2)8-21-9-12(19)7-17-15(20)18-14-5-4-11(3)6-13(14)16/h4-6,10,12,19H,7-9H2,1-3H3,(H2,17,18,20). The molecule has 0 fully saturated rings. The van der Waals surface area contributed by atoms with Crippen LogP contribution in [0.15, 0.2) is 22.7 Å². The molecule has 1 aromatic rings. The van der Waals surface area contributed by atoms with Gasteiger partial charge in [-0.15, -0.1) is 0 Å². The zero-order valence-electron chi connectivity index (χ0n) is 12.6. The van der Waals surface area contributed by atoms with Crippen molar-refractivity contribution in [3.05, 3.63) is 28.2 Å². The first-order chi connectivity index (χ1) is 9.88. The van der Waals surface area contributed by atoms with Gasteiger partial charge in [0.15, 0.2) is 0 Å². The minimum atomic E-state index is -0.712. The molecule has 5 nitrogen and oxygen atoms in total. The average Bonchev–Trinajstić information content (AvgIpc) is 2.39. The highest BCUT2D eigenvalue weighted by Crippen LogP contribution is 2.23. The Morgan fingerprint density at radius 2 is 2.10 bits per heavy atom. The molecule has 1 unspecified atom stereocenters. The van der Waals surface area contributed by atoms with E-state index in [1.54, 1.807) is 0 Å². The number of rotatable bonds is 7. The van der Waals surface area contributed by atoms with Crippen molar-refractivity contribution in [2.75, 3.05) is 25.1 Å². The molecule has 0 heterocycles. The maximum atomic E-state index is 11.7. The topological polar surface area (TPSA) is 70.6 Å². The van der Waals surface area contributed by atoms with E-state index in [9.17, 15) is 9.90 Å². The first-order valence-corrected chi connectivity index (χ1v) is 7.74. The number of aryl methyl sites for hydroxylation is 1. The molecule has 0 bridgehead atoms. The second-order valence-electron chi connectivity index (χ2n) is 5.40. The fraction of sp³-hybridized carbons (Fsp3) is 0.533. The van der Waals surface area contributed by atoms with Gasteiger partial charge in [-0.1, -0.05) is 19.9 Å². The van der Waals surface area contributed by atoms with Gasteiger partial charge in [0.25, 0.3) is 0 Å². The number of urea groups is 1. The number of nitrogens with one attached hydrogen (secondary N) is 2. The zero-order valence-corrected chi connectivity index (χ0v) is 14.2. The van der Waals surface area contributed by atoms with Crippen LogP contribution in [-0.4, -0.2) is 37.0 Å². The number of halogens is 1. The fourth-order valence-electron chi connectivity index (χ4n) is 1.60. The summed E-state index contributed by atoms with van der Waals surface area (Å²) in [5.74, 6) is 0.423. The van der Waals surface area contributed by atoms with Crippen LogP contribution in [0.4, 0.5) is 10.5 Å². The number of carbonyl (C=O) groups excluding carboxylic acids is 1. The lowest BCUT2D eigenvalue weighted by Crippen LogP contribution is -2.37. The summed E-state index contributed by atoms with van der Waals surface area (Å²) in [5, 5.41) is 15.0. The summed E-state index contributed by atoms with van der Waals surface area (Å²) in [6.07, 6.45) is -0.712. The number of hydrogen-bond acceptors (Lipinski definition) is 3. The van der Waals surface area contributed by atoms with Gasteiger partial charge >= 0.3 is 6.03 Å². The lowest BCUT2D eigenvalue weighted by Gasteiger charge is -2.14. The molecule has 1 rings (SSSR count). The normalized spacial score (nSPS) is 12.3. The summed E-state index contributed by atoms with van der Waals surface area (Å²) in [7, 11) is 0. The van der Waals surface area contributed by atoms with Crippen LogP contribution in [0.5, 0.6) is 0 Å². The number of anilines is 1. The van der Waals surface area contributed by atoms with Crippen molar-refractivity contribution in [2.45, 2.75) is 26.9 Å². The Hall–Kier alpha value is -1.11. The number of hydrogen-bond donors (Lipinski definition) is 3. The summed E-state index contributed by atoms with van der Waals surface area (Å²) >= 11 is 3.39. The summed E-state index contributed by atoms with van der Waals surface area (Å²) in [6, 6.07) is 5.29. The van der Waals surface area contributed by atoms with Gasteiger partial charge in [0.2, 0.25) is 0 Å². The number of carbonyl (C=O) groups is 1. The molecule has 1 atom stereocenters. The van der Waals surface area contributed by atoms with E-state index in [1.807, 2.05) is 39.0 Å². The minimum absolute atomic E-state index is 0.146. The third-order valence-corrected chi connectivity index (χ3v) is 3.29. The van der Waals surface area contributed by atoms with Crippen LogP contribution in [0, 0.1) is 12.8 Å².